The molecule has 98 valence electrons. The Hall–Kier alpha value is -0.830. The molecule has 0 amide bonds. The van der Waals surface area contributed by atoms with E-state index in [0.717, 1.165) is 18.3 Å². The number of ether oxygens (including phenoxy) is 2. The van der Waals surface area contributed by atoms with Crippen LogP contribution in [-0.2, 0) is 14.3 Å². The standard InChI is InChI=1S/C15H20O3/c1-7(15(16)17-2)10-6-11-12-8-3-4-9(5-8)13(12)14(10)18-11/h3-4,7-14H,5-6H2,1-2H3. The maximum atomic E-state index is 11.7. The first-order valence-electron chi connectivity index (χ1n) is 7.12. The van der Waals surface area contributed by atoms with Crippen molar-refractivity contribution in [3.63, 3.8) is 0 Å². The van der Waals surface area contributed by atoms with Crippen LogP contribution in [0.3, 0.4) is 0 Å². The molecule has 1 saturated carbocycles. The van der Waals surface area contributed by atoms with Crippen LogP contribution in [0.4, 0.5) is 0 Å². The van der Waals surface area contributed by atoms with E-state index in [0.29, 0.717) is 30.0 Å². The van der Waals surface area contributed by atoms with E-state index in [2.05, 4.69) is 12.2 Å². The molecule has 2 heterocycles. The van der Waals surface area contributed by atoms with Crippen molar-refractivity contribution in [2.75, 3.05) is 7.11 Å². The summed E-state index contributed by atoms with van der Waals surface area (Å²) in [6.07, 6.45) is 7.86. The van der Waals surface area contributed by atoms with Crippen LogP contribution < -0.4 is 0 Å². The lowest BCUT2D eigenvalue weighted by Gasteiger charge is -2.35. The lowest BCUT2D eigenvalue weighted by molar-refractivity contribution is -0.147. The lowest BCUT2D eigenvalue weighted by Crippen LogP contribution is -2.40. The molecule has 3 nitrogen and oxygen atoms in total. The molecular formula is C15H20O3. The summed E-state index contributed by atoms with van der Waals surface area (Å²) in [5.41, 5.74) is 0. The average Bonchev–Trinajstić information content (AvgIpc) is 3.12. The first kappa shape index (κ1) is 11.0. The predicted octanol–water partition coefficient (Wildman–Crippen LogP) is 2.02. The summed E-state index contributed by atoms with van der Waals surface area (Å²) >= 11 is 0. The number of carbonyl (C=O) groups is 1. The fraction of sp³-hybridized carbons (Fsp3) is 0.800. The van der Waals surface area contributed by atoms with Gasteiger partial charge in [-0.15, -0.1) is 0 Å². The van der Waals surface area contributed by atoms with Gasteiger partial charge in [-0.05, 0) is 36.5 Å². The number of esters is 1. The minimum Gasteiger partial charge on any atom is -0.469 e. The molecule has 18 heavy (non-hydrogen) atoms. The number of allylic oxidation sites excluding steroid dienone is 2. The van der Waals surface area contributed by atoms with Gasteiger partial charge in [0.2, 0.25) is 0 Å². The van der Waals surface area contributed by atoms with Gasteiger partial charge in [0.15, 0.2) is 0 Å². The van der Waals surface area contributed by atoms with Gasteiger partial charge in [0.05, 0.1) is 25.2 Å². The molecule has 4 bridgehead atoms. The normalized spacial score (nSPS) is 52.7. The van der Waals surface area contributed by atoms with Crippen LogP contribution in [0.5, 0.6) is 0 Å². The Bertz CT molecular complexity index is 416. The Morgan fingerprint density at radius 3 is 2.72 bits per heavy atom. The first-order chi connectivity index (χ1) is 8.70. The highest BCUT2D eigenvalue weighted by Crippen LogP contribution is 2.62. The van der Waals surface area contributed by atoms with E-state index in [-0.39, 0.29) is 11.9 Å². The van der Waals surface area contributed by atoms with E-state index in [9.17, 15) is 4.79 Å². The second-order valence-electron chi connectivity index (χ2n) is 6.45. The summed E-state index contributed by atoms with van der Waals surface area (Å²) in [6.45, 7) is 2.00. The summed E-state index contributed by atoms with van der Waals surface area (Å²) < 4.78 is 11.1. The number of carbonyl (C=O) groups excluding carboxylic acids is 1. The van der Waals surface area contributed by atoms with Gasteiger partial charge in [-0.2, -0.15) is 0 Å². The Kier molecular flexibility index (Phi) is 2.20. The van der Waals surface area contributed by atoms with Crippen molar-refractivity contribution in [2.24, 2.45) is 35.5 Å². The highest BCUT2D eigenvalue weighted by molar-refractivity contribution is 5.72. The van der Waals surface area contributed by atoms with E-state index in [1.54, 1.807) is 0 Å². The molecule has 0 aromatic heterocycles. The Morgan fingerprint density at radius 2 is 2.00 bits per heavy atom. The Balaban J connectivity index is 1.59. The average molecular weight is 248 g/mol. The van der Waals surface area contributed by atoms with Gasteiger partial charge in [-0.3, -0.25) is 4.79 Å². The zero-order chi connectivity index (χ0) is 12.4. The van der Waals surface area contributed by atoms with Crippen LogP contribution in [0.2, 0.25) is 0 Å². The van der Waals surface area contributed by atoms with Crippen molar-refractivity contribution in [1.29, 1.82) is 0 Å². The van der Waals surface area contributed by atoms with Gasteiger partial charge in [-0.25, -0.2) is 0 Å². The van der Waals surface area contributed by atoms with Gasteiger partial charge in [0, 0.05) is 5.92 Å². The first-order valence-corrected chi connectivity index (χ1v) is 7.12. The summed E-state index contributed by atoms with van der Waals surface area (Å²) in [6, 6.07) is 0. The molecule has 0 aromatic rings. The van der Waals surface area contributed by atoms with Gasteiger partial charge >= 0.3 is 5.97 Å². The van der Waals surface area contributed by atoms with Gasteiger partial charge in [0.1, 0.15) is 0 Å². The lowest BCUT2D eigenvalue weighted by atomic mass is 9.67. The number of rotatable bonds is 2. The van der Waals surface area contributed by atoms with Crippen LogP contribution in [-0.4, -0.2) is 25.3 Å². The summed E-state index contributed by atoms with van der Waals surface area (Å²) in [5, 5.41) is 0. The van der Waals surface area contributed by atoms with Crippen molar-refractivity contribution in [1.82, 2.24) is 0 Å². The number of fused-ring (bicyclic) bond motifs is 9. The molecule has 0 radical (unpaired) electrons. The molecule has 3 heteroatoms. The van der Waals surface area contributed by atoms with Crippen molar-refractivity contribution < 1.29 is 14.3 Å². The summed E-state index contributed by atoms with van der Waals surface area (Å²) in [4.78, 5) is 11.7. The predicted molar refractivity (Wildman–Crippen MR) is 65.7 cm³/mol. The van der Waals surface area contributed by atoms with Crippen molar-refractivity contribution in [2.45, 2.75) is 32.0 Å². The number of methoxy groups -OCH3 is 1. The van der Waals surface area contributed by atoms with Gasteiger partial charge in [0.25, 0.3) is 0 Å². The third-order valence-electron chi connectivity index (χ3n) is 5.87. The second-order valence-corrected chi connectivity index (χ2v) is 6.45. The maximum absolute atomic E-state index is 11.7. The topological polar surface area (TPSA) is 35.5 Å². The third kappa shape index (κ3) is 1.21. The minimum absolute atomic E-state index is 0.0194. The highest BCUT2D eigenvalue weighted by atomic mass is 16.5. The molecular weight excluding hydrogens is 228 g/mol. The Morgan fingerprint density at radius 1 is 1.28 bits per heavy atom. The smallest absolute Gasteiger partial charge is 0.308 e. The molecule has 0 spiro atoms. The molecule has 3 fully saturated rings. The largest absolute Gasteiger partial charge is 0.469 e. The van der Waals surface area contributed by atoms with E-state index >= 15 is 0 Å². The molecule has 0 aromatic carbocycles. The van der Waals surface area contributed by atoms with E-state index in [1.165, 1.54) is 13.5 Å². The molecule has 0 N–H and O–H groups in total. The molecule has 2 saturated heterocycles. The SMILES string of the molecule is COC(=O)C(C)C1CC2OC1C1C3C=CC(C3)C21. The van der Waals surface area contributed by atoms with Crippen LogP contribution in [0.25, 0.3) is 0 Å². The highest BCUT2D eigenvalue weighted by Gasteiger charge is 2.63. The number of hydrogen-bond acceptors (Lipinski definition) is 3. The minimum atomic E-state index is -0.0774. The zero-order valence-electron chi connectivity index (χ0n) is 10.9. The number of hydrogen-bond donors (Lipinski definition) is 0. The molecule has 4 rings (SSSR count). The molecule has 4 aliphatic rings. The van der Waals surface area contributed by atoms with E-state index in [1.807, 2.05) is 6.92 Å². The third-order valence-corrected chi connectivity index (χ3v) is 5.87. The van der Waals surface area contributed by atoms with Crippen LogP contribution in [0.15, 0.2) is 12.2 Å². The van der Waals surface area contributed by atoms with Crippen molar-refractivity contribution in [3.05, 3.63) is 12.2 Å². The fourth-order valence-electron chi connectivity index (χ4n) is 5.12. The van der Waals surface area contributed by atoms with Crippen molar-refractivity contribution in [3.8, 4) is 0 Å². The molecule has 2 aliphatic carbocycles. The second kappa shape index (κ2) is 3.60. The Labute approximate surface area is 108 Å². The van der Waals surface area contributed by atoms with E-state index in [4.69, 9.17) is 9.47 Å². The quantitative estimate of drug-likeness (QED) is 0.554. The van der Waals surface area contributed by atoms with Gasteiger partial charge < -0.3 is 9.47 Å². The van der Waals surface area contributed by atoms with E-state index < -0.39 is 0 Å². The summed E-state index contributed by atoms with van der Waals surface area (Å²) in [7, 11) is 1.48. The zero-order valence-corrected chi connectivity index (χ0v) is 10.9. The maximum Gasteiger partial charge on any atom is 0.308 e. The van der Waals surface area contributed by atoms with Crippen molar-refractivity contribution >= 4 is 5.97 Å². The van der Waals surface area contributed by atoms with Crippen LogP contribution >= 0.6 is 0 Å². The van der Waals surface area contributed by atoms with Crippen LogP contribution in [0, 0.1) is 35.5 Å². The molecule has 8 atom stereocenters. The molecule has 8 unspecified atom stereocenters. The van der Waals surface area contributed by atoms with Gasteiger partial charge in [-0.1, -0.05) is 19.1 Å². The molecule has 2 aliphatic heterocycles. The monoisotopic (exact) mass is 248 g/mol. The fourth-order valence-corrected chi connectivity index (χ4v) is 5.12. The van der Waals surface area contributed by atoms with Crippen LogP contribution in [0.1, 0.15) is 19.8 Å². The summed E-state index contributed by atoms with van der Waals surface area (Å²) in [5.74, 6) is 3.16.